The summed E-state index contributed by atoms with van der Waals surface area (Å²) in [5.41, 5.74) is 25.6. The van der Waals surface area contributed by atoms with Crippen molar-refractivity contribution >= 4 is 67.3 Å². The number of halogens is 8. The Morgan fingerprint density at radius 2 is 0.682 bits per heavy atom. The summed E-state index contributed by atoms with van der Waals surface area (Å²) in [4.78, 5) is 58.8. The van der Waals surface area contributed by atoms with E-state index in [2.05, 4.69) is 111 Å². The van der Waals surface area contributed by atoms with E-state index in [0.717, 1.165) is 262 Å². The van der Waals surface area contributed by atoms with E-state index in [9.17, 15) is 26.3 Å². The largest absolute Gasteiger partial charge is 0.492 e. The molecule has 148 heavy (non-hydrogen) atoms. The molecular formula is C119H97Cl2F6N17O4. The third-order valence-corrected chi connectivity index (χ3v) is 26.3. The molecule has 3 fully saturated rings. The molecule has 15 heterocycles. The average molecular weight is 2010 g/mol. The number of hydrogen-bond donors (Lipinski definition) is 3. The second-order valence-electron chi connectivity index (χ2n) is 35.7. The van der Waals surface area contributed by atoms with Gasteiger partial charge in [0.25, 0.3) is 0 Å². The Labute approximate surface area is 860 Å². The molecule has 3 saturated heterocycles. The smallest absolute Gasteiger partial charge is 0.160 e. The van der Waals surface area contributed by atoms with Crippen LogP contribution in [0.25, 0.3) is 178 Å². The molecule has 20 aromatic rings. The van der Waals surface area contributed by atoms with E-state index >= 15 is 0 Å². The Morgan fingerprint density at radius 3 is 1.09 bits per heavy atom. The number of rotatable bonds is 24. The van der Waals surface area contributed by atoms with Crippen molar-refractivity contribution in [1.82, 2.24) is 80.2 Å². The molecule has 0 atom stereocenters. The first-order valence-electron chi connectivity index (χ1n) is 48.7. The van der Waals surface area contributed by atoms with Gasteiger partial charge in [0, 0.05) is 232 Å². The first-order chi connectivity index (χ1) is 72.5. The van der Waals surface area contributed by atoms with Gasteiger partial charge in [0.2, 0.25) is 0 Å². The first kappa shape index (κ1) is 99.3. The van der Waals surface area contributed by atoms with Gasteiger partial charge in [0.1, 0.15) is 71.5 Å². The molecule has 0 amide bonds. The molecule has 12 aromatic heterocycles. The molecule has 8 aromatic carbocycles. The fourth-order valence-corrected chi connectivity index (χ4v) is 18.6. The van der Waals surface area contributed by atoms with Gasteiger partial charge in [-0.05, 0) is 289 Å². The number of ether oxygens (including phenoxy) is 4. The number of hydrogen-bond acceptors (Lipinski definition) is 21. The fourth-order valence-electron chi connectivity index (χ4n) is 18.3. The van der Waals surface area contributed by atoms with Crippen molar-refractivity contribution in [3.05, 3.63) is 392 Å². The van der Waals surface area contributed by atoms with Gasteiger partial charge >= 0.3 is 0 Å². The van der Waals surface area contributed by atoms with Gasteiger partial charge in [-0.25, -0.2) is 66.2 Å². The minimum Gasteiger partial charge on any atom is -0.492 e. The number of nitrogens with two attached hydrogens (primary N) is 1. The topological polar surface area (TPSA) is 248 Å². The van der Waals surface area contributed by atoms with Crippen LogP contribution in [0.1, 0.15) is 18.4 Å². The minimum absolute atomic E-state index is 0.0820. The Bertz CT molecular complexity index is 8170. The van der Waals surface area contributed by atoms with Gasteiger partial charge < -0.3 is 35.3 Å². The van der Waals surface area contributed by atoms with Gasteiger partial charge in [-0.2, -0.15) is 0 Å². The predicted octanol–water partition coefficient (Wildman–Crippen LogP) is 24.9. The van der Waals surface area contributed by atoms with E-state index in [0.29, 0.717) is 86.3 Å². The summed E-state index contributed by atoms with van der Waals surface area (Å²) in [7, 11) is 0. The van der Waals surface area contributed by atoms with Crippen molar-refractivity contribution in [2.75, 3.05) is 98.4 Å². The molecule has 0 saturated carbocycles. The molecule has 3 aliphatic heterocycles. The molecule has 738 valence electrons. The number of morpholine rings is 1. The Hall–Kier alpha value is -16.1. The lowest BCUT2D eigenvalue weighted by Gasteiger charge is -2.26. The van der Waals surface area contributed by atoms with Gasteiger partial charge in [0.15, 0.2) is 22.6 Å². The van der Waals surface area contributed by atoms with Crippen LogP contribution in [-0.4, -0.2) is 174 Å². The number of aromatic nitrogens is 12. The van der Waals surface area contributed by atoms with Crippen LogP contribution in [0, 0.1) is 34.9 Å². The van der Waals surface area contributed by atoms with Crippen LogP contribution >= 0.6 is 23.2 Å². The second-order valence-corrected chi connectivity index (χ2v) is 36.6. The van der Waals surface area contributed by atoms with E-state index in [1.165, 1.54) is 29.8 Å². The zero-order chi connectivity index (χ0) is 101. The maximum absolute atomic E-state index is 14.7. The van der Waals surface area contributed by atoms with Crippen molar-refractivity contribution in [1.29, 1.82) is 0 Å². The molecule has 0 unspecified atom stereocenters. The third kappa shape index (κ3) is 24.2. The number of nitrogens with zero attached hydrogens (tertiary/aromatic N) is 14. The second kappa shape index (κ2) is 47.0. The summed E-state index contributed by atoms with van der Waals surface area (Å²) in [6.07, 6.45) is 24.2. The van der Waals surface area contributed by atoms with Crippen molar-refractivity contribution in [3.8, 4) is 151 Å². The minimum atomic E-state index is -0.550. The molecule has 0 bridgehead atoms. The SMILES string of the molecule is Fc1ccc(Cl)cc1-c1cc(-c2cncc(-c3ccc(CCN4CCOCC4)cc3)c2)c2cccnc2n1.Fc1ccc(F)c(-c2cc(-c3cncc(-c4cccc(OC5CCNCC5)c4)c3)c3cccnc3n2)c1.Fc1ccc(F)c(-c2cc(-c3cncc(-c4cccc(OCCN5CCNCC5)c4)c3)c3cccnc3n2)c1.NCCOc1cccc(-c2cncc(-c3cc(-c4cc(Cl)ccc4F)nc4ncccc34)c2)c1. The molecule has 4 N–H and O–H groups in total. The summed E-state index contributed by atoms with van der Waals surface area (Å²) in [5.74, 6) is -0.578. The average Bonchev–Trinajstić information content (AvgIpc) is 0.781. The maximum Gasteiger partial charge on any atom is 0.160 e. The quantitative estimate of drug-likeness (QED) is 0.0476. The summed E-state index contributed by atoms with van der Waals surface area (Å²) in [5, 5.41) is 10.9. The van der Waals surface area contributed by atoms with E-state index in [1.807, 2.05) is 170 Å². The molecule has 29 heteroatoms. The summed E-state index contributed by atoms with van der Waals surface area (Å²) in [6, 6.07) is 78.6. The number of piperidine rings is 1. The van der Waals surface area contributed by atoms with E-state index in [-0.39, 0.29) is 23.0 Å². The molecule has 3 aliphatic rings. The van der Waals surface area contributed by atoms with Gasteiger partial charge in [-0.15, -0.1) is 0 Å². The number of piperazine rings is 1. The molecule has 21 nitrogen and oxygen atoms in total. The molecule has 0 spiro atoms. The van der Waals surface area contributed by atoms with Crippen LogP contribution in [0.15, 0.2) is 341 Å². The summed E-state index contributed by atoms with van der Waals surface area (Å²) < 4.78 is 110. The lowest BCUT2D eigenvalue weighted by molar-refractivity contribution is 0.0384. The van der Waals surface area contributed by atoms with Gasteiger partial charge in [-0.1, -0.05) is 83.9 Å². The highest BCUT2D eigenvalue weighted by atomic mass is 35.5. The number of nitrogens with one attached hydrogen (secondary N) is 2. The highest BCUT2D eigenvalue weighted by Crippen LogP contribution is 2.42. The predicted molar refractivity (Wildman–Crippen MR) is 571 cm³/mol. The standard InChI is InChI=1S/C31H26ClFN4O.C31H27F2N5O.C30H24F2N4O.C27H20ClFN4O/c32-25-7-8-29(33)28(17-25)30-18-27(26-2-1-10-35-31(26)36-30)24-16-23(19-34-20-24)22-5-3-21(4-6-22)9-11-37-12-14-38-15-13-37;32-24-6-7-29(33)28(17-24)30-18-27(26-5-2-8-36-31(26)37-30)23-15-22(19-35-20-23)21-3-1-4-25(16-21)39-14-13-38-11-9-34-10-12-38;31-22-6-7-28(32)27(15-22)29-16-26(25-5-2-10-35-30(25)36-29)21-13-20(17-34-18-21)19-3-1-4-24(14-19)37-23-8-11-33-12-9-23;28-20-6-7-25(29)24(13-20)26-14-23(22-5-2-9-32-27(22)33-26)19-11-18(15-31-16-19)17-3-1-4-21(12-17)34-10-8-30/h1-8,10,16-20H,9,11-15H2;1-8,15-20,34H,9-14H2;1-7,10,13-18,23,33H,8-9,11-12H2;1-7,9,11-16H,8,10,30H2. The van der Waals surface area contributed by atoms with Gasteiger partial charge in [0.05, 0.1) is 36.0 Å². The van der Waals surface area contributed by atoms with E-state index < -0.39 is 29.1 Å². The molecule has 23 rings (SSSR count). The molecule has 0 aliphatic carbocycles. The van der Waals surface area contributed by atoms with Crippen molar-refractivity contribution in [3.63, 3.8) is 0 Å². The van der Waals surface area contributed by atoms with Crippen LogP contribution < -0.4 is 30.6 Å². The van der Waals surface area contributed by atoms with Crippen LogP contribution in [0.5, 0.6) is 17.2 Å². The lowest BCUT2D eigenvalue weighted by atomic mass is 9.97. The first-order valence-corrected chi connectivity index (χ1v) is 49.4. The summed E-state index contributed by atoms with van der Waals surface area (Å²) in [6.45, 7) is 13.1. The highest BCUT2D eigenvalue weighted by Gasteiger charge is 2.24. The Kier molecular flexibility index (Phi) is 31.5. The molecular weight excluding hydrogens is 1920 g/mol. The lowest BCUT2D eigenvalue weighted by Crippen LogP contribution is -2.44. The fraction of sp³-hybridized carbons (Fsp3) is 0.160. The number of fused-ring (bicyclic) bond motifs is 4. The van der Waals surface area contributed by atoms with E-state index in [1.54, 1.807) is 80.0 Å². The normalized spacial score (nSPS) is 13.4. The third-order valence-electron chi connectivity index (χ3n) is 25.8. The zero-order valence-corrected chi connectivity index (χ0v) is 81.6. The monoisotopic (exact) mass is 2010 g/mol. The van der Waals surface area contributed by atoms with Crippen LogP contribution in [-0.2, 0) is 11.2 Å². The summed E-state index contributed by atoms with van der Waals surface area (Å²) >= 11 is 12.3. The van der Waals surface area contributed by atoms with Gasteiger partial charge in [-0.3, -0.25) is 29.7 Å². The van der Waals surface area contributed by atoms with Crippen LogP contribution in [0.2, 0.25) is 10.0 Å². The van der Waals surface area contributed by atoms with E-state index in [4.69, 9.17) is 47.9 Å². The zero-order valence-electron chi connectivity index (χ0n) is 80.1. The Morgan fingerprint density at radius 1 is 0.324 bits per heavy atom. The highest BCUT2D eigenvalue weighted by molar-refractivity contribution is 6.31. The number of pyridine rings is 12. The van der Waals surface area contributed by atoms with Crippen molar-refractivity contribution < 1.29 is 45.3 Å². The van der Waals surface area contributed by atoms with Crippen LogP contribution in [0.3, 0.4) is 0 Å². The van der Waals surface area contributed by atoms with Crippen LogP contribution in [0.4, 0.5) is 26.3 Å². The van der Waals surface area contributed by atoms with Crippen molar-refractivity contribution in [2.45, 2.75) is 25.4 Å². The Balaban J connectivity index is 0.000000120. The molecule has 0 radical (unpaired) electrons. The number of benzene rings is 8. The maximum atomic E-state index is 14.7. The van der Waals surface area contributed by atoms with Crippen molar-refractivity contribution in [2.24, 2.45) is 5.73 Å².